The van der Waals surface area contributed by atoms with Crippen molar-refractivity contribution in [3.63, 3.8) is 0 Å². The van der Waals surface area contributed by atoms with Crippen molar-refractivity contribution < 1.29 is 18.3 Å². The Morgan fingerprint density at radius 2 is 2.22 bits per heavy atom. The van der Waals surface area contributed by atoms with Crippen molar-refractivity contribution in [2.24, 2.45) is 0 Å². The SMILES string of the molecule is CCCCC(C)NS(=O)(=O)c1c[nH]c(C(=O)O)c1. The van der Waals surface area contributed by atoms with E-state index in [1.807, 2.05) is 6.92 Å². The molecule has 0 aromatic carbocycles. The second-order valence-corrected chi connectivity index (χ2v) is 5.93. The van der Waals surface area contributed by atoms with Gasteiger partial charge in [0.2, 0.25) is 10.0 Å². The smallest absolute Gasteiger partial charge is 0.352 e. The van der Waals surface area contributed by atoms with E-state index in [0.717, 1.165) is 25.3 Å². The lowest BCUT2D eigenvalue weighted by Crippen LogP contribution is -2.32. The first-order valence-corrected chi connectivity index (χ1v) is 7.29. The molecule has 3 N–H and O–H groups in total. The van der Waals surface area contributed by atoms with Crippen LogP contribution in [-0.2, 0) is 10.0 Å². The van der Waals surface area contributed by atoms with Crippen LogP contribution >= 0.6 is 0 Å². The van der Waals surface area contributed by atoms with Crippen LogP contribution < -0.4 is 4.72 Å². The molecule has 0 bridgehead atoms. The lowest BCUT2D eigenvalue weighted by atomic mass is 10.2. The summed E-state index contributed by atoms with van der Waals surface area (Å²) < 4.78 is 26.4. The minimum Gasteiger partial charge on any atom is -0.477 e. The second-order valence-electron chi connectivity index (χ2n) is 4.22. The first kappa shape index (κ1) is 14.7. The number of carboxylic acid groups (broad SMARTS) is 1. The molecule has 1 unspecified atom stereocenters. The van der Waals surface area contributed by atoms with E-state index >= 15 is 0 Å². The molecular formula is C11H18N2O4S. The predicted octanol–water partition coefficient (Wildman–Crippen LogP) is 1.57. The number of aromatic amines is 1. The Labute approximate surface area is 106 Å². The molecule has 6 nitrogen and oxygen atoms in total. The lowest BCUT2D eigenvalue weighted by Gasteiger charge is -2.12. The van der Waals surface area contributed by atoms with E-state index in [1.54, 1.807) is 6.92 Å². The van der Waals surface area contributed by atoms with E-state index in [2.05, 4.69) is 9.71 Å². The van der Waals surface area contributed by atoms with Gasteiger partial charge in [0.15, 0.2) is 0 Å². The van der Waals surface area contributed by atoms with Crippen LogP contribution in [0.15, 0.2) is 17.2 Å². The van der Waals surface area contributed by atoms with Crippen LogP contribution in [0, 0.1) is 0 Å². The molecule has 0 fully saturated rings. The van der Waals surface area contributed by atoms with Gasteiger partial charge in [-0.3, -0.25) is 0 Å². The standard InChI is InChI=1S/C11H18N2O4S/c1-3-4-5-8(2)13-18(16,17)9-6-10(11(14)15)12-7-9/h6-8,12-13H,3-5H2,1-2H3,(H,14,15). The normalized spacial score (nSPS) is 13.4. The van der Waals surface area contributed by atoms with Crippen LogP contribution in [0.25, 0.3) is 0 Å². The summed E-state index contributed by atoms with van der Waals surface area (Å²) in [4.78, 5) is 13.0. The molecule has 0 aliphatic carbocycles. The highest BCUT2D eigenvalue weighted by Gasteiger charge is 2.20. The maximum absolute atomic E-state index is 11.9. The van der Waals surface area contributed by atoms with Gasteiger partial charge in [0, 0.05) is 12.2 Å². The maximum Gasteiger partial charge on any atom is 0.352 e. The minimum atomic E-state index is -3.65. The van der Waals surface area contributed by atoms with E-state index in [1.165, 1.54) is 6.20 Å². The van der Waals surface area contributed by atoms with Gasteiger partial charge in [-0.2, -0.15) is 0 Å². The van der Waals surface area contributed by atoms with Crippen LogP contribution in [0.2, 0.25) is 0 Å². The Hall–Kier alpha value is -1.34. The van der Waals surface area contributed by atoms with Crippen LogP contribution in [0.4, 0.5) is 0 Å². The Kier molecular flexibility index (Phi) is 4.92. The minimum absolute atomic E-state index is 0.0525. The molecule has 1 aromatic heterocycles. The second kappa shape index (κ2) is 6.01. The van der Waals surface area contributed by atoms with Crippen LogP contribution in [0.3, 0.4) is 0 Å². The molecule has 18 heavy (non-hydrogen) atoms. The quantitative estimate of drug-likeness (QED) is 0.702. The number of carboxylic acids is 1. The summed E-state index contributed by atoms with van der Waals surface area (Å²) in [7, 11) is -3.65. The fourth-order valence-electron chi connectivity index (χ4n) is 1.56. The number of hydrogen-bond donors (Lipinski definition) is 3. The molecule has 0 radical (unpaired) electrons. The highest BCUT2D eigenvalue weighted by molar-refractivity contribution is 7.89. The van der Waals surface area contributed by atoms with E-state index in [-0.39, 0.29) is 16.6 Å². The summed E-state index contributed by atoms with van der Waals surface area (Å²) >= 11 is 0. The van der Waals surface area contributed by atoms with Gasteiger partial charge in [-0.05, 0) is 19.4 Å². The molecule has 1 aromatic rings. The summed E-state index contributed by atoms with van der Waals surface area (Å²) in [6.07, 6.45) is 3.88. The van der Waals surface area contributed by atoms with E-state index in [0.29, 0.717) is 0 Å². The third-order valence-corrected chi connectivity index (χ3v) is 4.11. The van der Waals surface area contributed by atoms with Gasteiger partial charge in [-0.25, -0.2) is 17.9 Å². The lowest BCUT2D eigenvalue weighted by molar-refractivity contribution is 0.0691. The number of H-pyrrole nitrogens is 1. The molecule has 1 heterocycles. The van der Waals surface area contributed by atoms with Crippen molar-refractivity contribution in [3.8, 4) is 0 Å². The number of aromatic carboxylic acids is 1. The summed E-state index contributed by atoms with van der Waals surface area (Å²) in [5.74, 6) is -1.18. The van der Waals surface area contributed by atoms with Gasteiger partial charge in [0.25, 0.3) is 0 Å². The van der Waals surface area contributed by atoms with Gasteiger partial charge < -0.3 is 10.1 Å². The van der Waals surface area contributed by atoms with Crippen molar-refractivity contribution in [1.82, 2.24) is 9.71 Å². The van der Waals surface area contributed by atoms with Crippen molar-refractivity contribution in [2.75, 3.05) is 0 Å². The van der Waals surface area contributed by atoms with Crippen molar-refractivity contribution >= 4 is 16.0 Å². The molecule has 1 atom stereocenters. The molecular weight excluding hydrogens is 256 g/mol. The molecule has 1 rings (SSSR count). The van der Waals surface area contributed by atoms with E-state index in [9.17, 15) is 13.2 Å². The van der Waals surface area contributed by atoms with Gasteiger partial charge >= 0.3 is 5.97 Å². The number of aromatic nitrogens is 1. The van der Waals surface area contributed by atoms with E-state index < -0.39 is 16.0 Å². The summed E-state index contributed by atoms with van der Waals surface area (Å²) in [6.45, 7) is 3.82. The Morgan fingerprint density at radius 1 is 1.56 bits per heavy atom. The third kappa shape index (κ3) is 3.85. The molecule has 7 heteroatoms. The number of hydrogen-bond acceptors (Lipinski definition) is 3. The average Bonchev–Trinajstić information content (AvgIpc) is 2.75. The molecule has 0 amide bonds. The van der Waals surface area contributed by atoms with Crippen molar-refractivity contribution in [2.45, 2.75) is 44.0 Å². The zero-order chi connectivity index (χ0) is 13.8. The fraction of sp³-hybridized carbons (Fsp3) is 0.545. The summed E-state index contributed by atoms with van der Waals surface area (Å²) in [5.41, 5.74) is -0.142. The Morgan fingerprint density at radius 3 is 2.72 bits per heavy atom. The number of sulfonamides is 1. The highest BCUT2D eigenvalue weighted by Crippen LogP contribution is 2.12. The highest BCUT2D eigenvalue weighted by atomic mass is 32.2. The number of nitrogens with one attached hydrogen (secondary N) is 2. The summed E-state index contributed by atoms with van der Waals surface area (Å²) in [6, 6.07) is 0.940. The average molecular weight is 274 g/mol. The van der Waals surface area contributed by atoms with Crippen LogP contribution in [0.5, 0.6) is 0 Å². The topological polar surface area (TPSA) is 99.3 Å². The van der Waals surface area contributed by atoms with Crippen molar-refractivity contribution in [3.05, 3.63) is 18.0 Å². The number of carbonyl (C=O) groups is 1. The fourth-order valence-corrected chi connectivity index (χ4v) is 2.83. The van der Waals surface area contributed by atoms with Crippen LogP contribution in [0.1, 0.15) is 43.6 Å². The first-order valence-electron chi connectivity index (χ1n) is 5.81. The third-order valence-electron chi connectivity index (χ3n) is 2.54. The molecule has 0 aliphatic rings. The zero-order valence-electron chi connectivity index (χ0n) is 10.4. The van der Waals surface area contributed by atoms with Crippen molar-refractivity contribution in [1.29, 1.82) is 0 Å². The van der Waals surface area contributed by atoms with Gasteiger partial charge in [0.1, 0.15) is 10.6 Å². The summed E-state index contributed by atoms with van der Waals surface area (Å²) in [5, 5.41) is 8.72. The monoisotopic (exact) mass is 274 g/mol. The molecule has 0 spiro atoms. The van der Waals surface area contributed by atoms with Gasteiger partial charge in [0.05, 0.1) is 0 Å². The largest absolute Gasteiger partial charge is 0.477 e. The zero-order valence-corrected chi connectivity index (χ0v) is 11.3. The Bertz CT molecular complexity index is 507. The van der Waals surface area contributed by atoms with Crippen LogP contribution in [-0.4, -0.2) is 30.5 Å². The number of rotatable bonds is 7. The maximum atomic E-state index is 11.9. The molecule has 0 saturated carbocycles. The molecule has 0 saturated heterocycles. The molecule has 102 valence electrons. The van der Waals surface area contributed by atoms with Gasteiger partial charge in [-0.15, -0.1) is 0 Å². The first-order chi connectivity index (χ1) is 8.36. The molecule has 0 aliphatic heterocycles. The Balaban J connectivity index is 2.76. The van der Waals surface area contributed by atoms with E-state index in [4.69, 9.17) is 5.11 Å². The van der Waals surface area contributed by atoms with Gasteiger partial charge in [-0.1, -0.05) is 19.8 Å². The number of unbranched alkanes of at least 4 members (excludes halogenated alkanes) is 1. The predicted molar refractivity (Wildman–Crippen MR) is 67.1 cm³/mol.